The molecule has 2 aromatic carbocycles. The first-order valence-corrected chi connectivity index (χ1v) is 12.7. The summed E-state index contributed by atoms with van der Waals surface area (Å²) in [5.41, 5.74) is 3.98. The molecule has 188 valence electrons. The quantitative estimate of drug-likeness (QED) is 0.548. The van der Waals surface area contributed by atoms with Gasteiger partial charge >= 0.3 is 6.09 Å². The van der Waals surface area contributed by atoms with Crippen molar-refractivity contribution in [2.75, 3.05) is 25.0 Å². The van der Waals surface area contributed by atoms with E-state index in [0.29, 0.717) is 32.0 Å². The maximum absolute atomic E-state index is 12.4. The van der Waals surface area contributed by atoms with Crippen LogP contribution in [0.1, 0.15) is 59.4 Å². The number of nitrogens with one attached hydrogen (secondary N) is 1. The minimum Gasteiger partial charge on any atom is -0.487 e. The van der Waals surface area contributed by atoms with Gasteiger partial charge < -0.3 is 19.7 Å². The molecule has 0 aliphatic carbocycles. The maximum atomic E-state index is 12.4. The van der Waals surface area contributed by atoms with Crippen LogP contribution in [0.15, 0.2) is 42.5 Å². The summed E-state index contributed by atoms with van der Waals surface area (Å²) in [5, 5.41) is 2.96. The SMILES string of the molecule is CC(C)CC(=O)Nc1ccc(-c2ccc3c(c2)CC2(CCN(C(=O)OCC(C)(C)C)CC2)O3)cc1. The molecule has 2 aliphatic rings. The van der Waals surface area contributed by atoms with Crippen molar-refractivity contribution < 1.29 is 19.1 Å². The third kappa shape index (κ3) is 6.36. The van der Waals surface area contributed by atoms with E-state index in [4.69, 9.17) is 9.47 Å². The van der Waals surface area contributed by atoms with E-state index in [1.165, 1.54) is 5.56 Å². The molecule has 1 spiro atoms. The van der Waals surface area contributed by atoms with Crippen molar-refractivity contribution in [3.63, 3.8) is 0 Å². The number of carbonyl (C=O) groups excluding carboxylic acids is 2. The first-order valence-electron chi connectivity index (χ1n) is 12.7. The normalized spacial score (nSPS) is 16.7. The third-order valence-electron chi connectivity index (χ3n) is 6.56. The predicted molar refractivity (Wildman–Crippen MR) is 139 cm³/mol. The summed E-state index contributed by atoms with van der Waals surface area (Å²) in [4.78, 5) is 26.3. The summed E-state index contributed by atoms with van der Waals surface area (Å²) in [6.45, 7) is 12.0. The number of rotatable bonds is 5. The van der Waals surface area contributed by atoms with Crippen LogP contribution < -0.4 is 10.1 Å². The van der Waals surface area contributed by atoms with E-state index in [-0.39, 0.29) is 23.0 Å². The number of amides is 2. The minimum absolute atomic E-state index is 0.0391. The molecule has 0 unspecified atom stereocenters. The summed E-state index contributed by atoms with van der Waals surface area (Å²) < 4.78 is 11.9. The molecule has 2 aromatic rings. The Morgan fingerprint density at radius 1 is 1.06 bits per heavy atom. The van der Waals surface area contributed by atoms with Gasteiger partial charge in [-0.1, -0.05) is 52.8 Å². The fourth-order valence-electron chi connectivity index (χ4n) is 4.69. The first-order chi connectivity index (χ1) is 16.5. The highest BCUT2D eigenvalue weighted by atomic mass is 16.6. The Balaban J connectivity index is 1.36. The van der Waals surface area contributed by atoms with Crippen molar-refractivity contribution in [2.45, 2.75) is 65.9 Å². The van der Waals surface area contributed by atoms with Crippen LogP contribution in [0.4, 0.5) is 10.5 Å². The van der Waals surface area contributed by atoms with Crippen molar-refractivity contribution >= 4 is 17.7 Å². The zero-order chi connectivity index (χ0) is 25.2. The lowest BCUT2D eigenvalue weighted by molar-refractivity contribution is -0.116. The van der Waals surface area contributed by atoms with Gasteiger partial charge in [0.1, 0.15) is 11.4 Å². The largest absolute Gasteiger partial charge is 0.487 e. The Morgan fingerprint density at radius 2 is 1.71 bits per heavy atom. The summed E-state index contributed by atoms with van der Waals surface area (Å²) >= 11 is 0. The number of hydrogen-bond donors (Lipinski definition) is 1. The molecule has 0 atom stereocenters. The smallest absolute Gasteiger partial charge is 0.409 e. The van der Waals surface area contributed by atoms with Gasteiger partial charge in [0.25, 0.3) is 0 Å². The number of carbonyl (C=O) groups is 2. The Morgan fingerprint density at radius 3 is 2.34 bits per heavy atom. The lowest BCUT2D eigenvalue weighted by atomic mass is 9.86. The average molecular weight is 479 g/mol. The number of likely N-dealkylation sites (tertiary alicyclic amines) is 1. The van der Waals surface area contributed by atoms with Crippen LogP contribution in [0.2, 0.25) is 0 Å². The summed E-state index contributed by atoms with van der Waals surface area (Å²) in [7, 11) is 0. The zero-order valence-corrected chi connectivity index (χ0v) is 21.6. The van der Waals surface area contributed by atoms with E-state index >= 15 is 0 Å². The Hall–Kier alpha value is -3.02. The van der Waals surface area contributed by atoms with Crippen LogP contribution in [0.25, 0.3) is 11.1 Å². The van der Waals surface area contributed by atoms with Gasteiger partial charge in [-0.15, -0.1) is 0 Å². The van der Waals surface area contributed by atoms with Gasteiger partial charge in [-0.05, 0) is 52.3 Å². The zero-order valence-electron chi connectivity index (χ0n) is 21.6. The van der Waals surface area contributed by atoms with Crippen molar-refractivity contribution in [1.82, 2.24) is 4.90 Å². The highest BCUT2D eigenvalue weighted by Crippen LogP contribution is 2.42. The highest BCUT2D eigenvalue weighted by molar-refractivity contribution is 5.91. The average Bonchev–Trinajstić information content (AvgIpc) is 3.14. The minimum atomic E-state index is -0.244. The standard InChI is InChI=1S/C29H38N2O4/c1-20(2)16-26(32)30-24-9-6-21(7-10-24)22-8-11-25-23(17-22)18-29(35-25)12-14-31(15-13-29)27(33)34-19-28(3,4)5/h6-11,17,20H,12-16,18-19H2,1-5H3,(H,30,32). The molecule has 0 bridgehead atoms. The van der Waals surface area contributed by atoms with E-state index < -0.39 is 0 Å². The van der Waals surface area contributed by atoms with Gasteiger partial charge in [0.05, 0.1) is 6.61 Å². The second-order valence-corrected chi connectivity index (χ2v) is 11.6. The fraction of sp³-hybridized carbons (Fsp3) is 0.517. The summed E-state index contributed by atoms with van der Waals surface area (Å²) in [6.07, 6.45) is 2.74. The van der Waals surface area contributed by atoms with Crippen LogP contribution in [0, 0.1) is 11.3 Å². The lowest BCUT2D eigenvalue weighted by Gasteiger charge is -2.38. The Bertz CT molecular complexity index is 1060. The molecule has 2 aliphatic heterocycles. The van der Waals surface area contributed by atoms with Gasteiger partial charge in [-0.25, -0.2) is 4.79 Å². The molecule has 1 N–H and O–H groups in total. The van der Waals surface area contributed by atoms with Crippen molar-refractivity contribution in [1.29, 1.82) is 0 Å². The van der Waals surface area contributed by atoms with Crippen LogP contribution in [0.5, 0.6) is 5.75 Å². The van der Waals surface area contributed by atoms with Gasteiger partial charge in [-0.3, -0.25) is 4.79 Å². The molecular formula is C29H38N2O4. The van der Waals surface area contributed by atoms with Crippen LogP contribution in [-0.4, -0.2) is 42.2 Å². The fourth-order valence-corrected chi connectivity index (χ4v) is 4.69. The van der Waals surface area contributed by atoms with Crippen LogP contribution in [0.3, 0.4) is 0 Å². The molecule has 1 saturated heterocycles. The molecule has 0 saturated carbocycles. The maximum Gasteiger partial charge on any atom is 0.409 e. The lowest BCUT2D eigenvalue weighted by Crippen LogP contribution is -2.49. The summed E-state index contributed by atoms with van der Waals surface area (Å²) in [5.74, 6) is 1.32. The number of fused-ring (bicyclic) bond motifs is 1. The van der Waals surface area contributed by atoms with E-state index in [1.807, 2.05) is 38.1 Å². The Labute approximate surface area is 209 Å². The van der Waals surface area contributed by atoms with Gasteiger partial charge in [0.2, 0.25) is 5.91 Å². The first kappa shape index (κ1) is 25.1. The number of nitrogens with zero attached hydrogens (tertiary/aromatic N) is 1. The highest BCUT2D eigenvalue weighted by Gasteiger charge is 2.43. The van der Waals surface area contributed by atoms with Gasteiger partial charge in [0.15, 0.2) is 0 Å². The predicted octanol–water partition coefficient (Wildman–Crippen LogP) is 6.29. The monoisotopic (exact) mass is 478 g/mol. The topological polar surface area (TPSA) is 67.9 Å². The van der Waals surface area contributed by atoms with Crippen molar-refractivity contribution in [3.8, 4) is 16.9 Å². The second-order valence-electron chi connectivity index (χ2n) is 11.6. The number of ether oxygens (including phenoxy) is 2. The molecule has 1 fully saturated rings. The number of benzene rings is 2. The van der Waals surface area contributed by atoms with Crippen molar-refractivity contribution in [2.24, 2.45) is 11.3 Å². The van der Waals surface area contributed by atoms with E-state index in [0.717, 1.165) is 41.8 Å². The van der Waals surface area contributed by atoms with E-state index in [9.17, 15) is 9.59 Å². The molecule has 6 heteroatoms. The molecule has 35 heavy (non-hydrogen) atoms. The molecule has 2 amide bonds. The van der Waals surface area contributed by atoms with Crippen molar-refractivity contribution in [3.05, 3.63) is 48.0 Å². The van der Waals surface area contributed by atoms with Crippen LogP contribution >= 0.6 is 0 Å². The Kier molecular flexibility index (Phi) is 7.11. The van der Waals surface area contributed by atoms with Gasteiger partial charge in [0, 0.05) is 44.5 Å². The second kappa shape index (κ2) is 9.92. The molecule has 0 aromatic heterocycles. The molecule has 0 radical (unpaired) electrons. The third-order valence-corrected chi connectivity index (χ3v) is 6.56. The van der Waals surface area contributed by atoms with Gasteiger partial charge in [-0.2, -0.15) is 0 Å². The molecule has 4 rings (SSSR count). The van der Waals surface area contributed by atoms with E-state index in [1.54, 1.807) is 4.90 Å². The molecule has 6 nitrogen and oxygen atoms in total. The van der Waals surface area contributed by atoms with Crippen LogP contribution in [-0.2, 0) is 16.0 Å². The number of hydrogen-bond acceptors (Lipinski definition) is 4. The number of anilines is 1. The molecular weight excluding hydrogens is 440 g/mol. The summed E-state index contributed by atoms with van der Waals surface area (Å²) in [6, 6.07) is 14.3. The van der Waals surface area contributed by atoms with E-state index in [2.05, 4.69) is 44.3 Å². The molecule has 2 heterocycles. The number of piperidine rings is 1.